The lowest BCUT2D eigenvalue weighted by molar-refractivity contribution is -0.397. The van der Waals surface area contributed by atoms with E-state index in [9.17, 15) is 10.1 Å². The maximum absolute atomic E-state index is 10.3. The van der Waals surface area contributed by atoms with Crippen LogP contribution in [0.4, 0.5) is 5.95 Å². The summed E-state index contributed by atoms with van der Waals surface area (Å²) >= 11 is 0. The van der Waals surface area contributed by atoms with Crippen molar-refractivity contribution in [1.82, 2.24) is 14.8 Å². The van der Waals surface area contributed by atoms with Gasteiger partial charge in [0.05, 0.1) is 6.04 Å². The van der Waals surface area contributed by atoms with Gasteiger partial charge in [-0.15, -0.1) is 4.68 Å². The molecule has 1 rings (SSSR count). The van der Waals surface area contributed by atoms with Crippen molar-refractivity contribution in [1.29, 1.82) is 0 Å². The van der Waals surface area contributed by atoms with Crippen molar-refractivity contribution in [3.8, 4) is 0 Å². The van der Waals surface area contributed by atoms with Gasteiger partial charge in [-0.3, -0.25) is 0 Å². The zero-order valence-electron chi connectivity index (χ0n) is 6.26. The van der Waals surface area contributed by atoms with Gasteiger partial charge in [0.1, 0.15) is 0 Å². The summed E-state index contributed by atoms with van der Waals surface area (Å²) in [4.78, 5) is 13.2. The molecule has 0 unspecified atom stereocenters. The average molecular weight is 156 g/mol. The molecule has 0 aromatic carbocycles. The van der Waals surface area contributed by atoms with Crippen LogP contribution in [0.25, 0.3) is 0 Å². The minimum Gasteiger partial charge on any atom is -0.390 e. The highest BCUT2D eigenvalue weighted by Crippen LogP contribution is 2.10. The molecule has 1 aromatic rings. The third-order valence-electron chi connectivity index (χ3n) is 1.21. The number of rotatable bonds is 2. The van der Waals surface area contributed by atoms with E-state index in [1.54, 1.807) is 0 Å². The van der Waals surface area contributed by atoms with E-state index in [1.165, 1.54) is 11.0 Å². The molecule has 0 spiro atoms. The molecule has 0 aliphatic rings. The Morgan fingerprint density at radius 1 is 1.73 bits per heavy atom. The molecule has 0 bridgehead atoms. The fourth-order valence-electron chi connectivity index (χ4n) is 0.739. The summed E-state index contributed by atoms with van der Waals surface area (Å²) in [6.45, 7) is 3.61. The van der Waals surface area contributed by atoms with E-state index in [1.807, 2.05) is 13.8 Å². The van der Waals surface area contributed by atoms with E-state index in [0.29, 0.717) is 0 Å². The number of aromatic nitrogens is 3. The lowest BCUT2D eigenvalue weighted by atomic mass is 10.4. The maximum Gasteiger partial charge on any atom is 0.455 e. The van der Waals surface area contributed by atoms with Gasteiger partial charge >= 0.3 is 5.95 Å². The van der Waals surface area contributed by atoms with Gasteiger partial charge in [0.25, 0.3) is 0 Å². The summed E-state index contributed by atoms with van der Waals surface area (Å²) in [5.41, 5.74) is 0. The van der Waals surface area contributed by atoms with Gasteiger partial charge in [0.2, 0.25) is 6.33 Å². The smallest absolute Gasteiger partial charge is 0.390 e. The first-order valence-electron chi connectivity index (χ1n) is 3.17. The van der Waals surface area contributed by atoms with Crippen LogP contribution in [0.5, 0.6) is 0 Å². The summed E-state index contributed by atoms with van der Waals surface area (Å²) in [5, 5.41) is 14.0. The first-order valence-corrected chi connectivity index (χ1v) is 3.17. The maximum atomic E-state index is 10.3. The molecule has 0 atom stereocenters. The highest BCUT2D eigenvalue weighted by Gasteiger charge is 2.17. The summed E-state index contributed by atoms with van der Waals surface area (Å²) < 4.78 is 1.26. The molecule has 0 saturated heterocycles. The molecule has 11 heavy (non-hydrogen) atoms. The second-order valence-electron chi connectivity index (χ2n) is 2.36. The van der Waals surface area contributed by atoms with E-state index in [0.717, 1.165) is 0 Å². The third kappa shape index (κ3) is 1.34. The van der Waals surface area contributed by atoms with Gasteiger partial charge in [-0.2, -0.15) is 0 Å². The molecule has 0 radical (unpaired) electrons. The van der Waals surface area contributed by atoms with E-state index in [2.05, 4.69) is 10.1 Å². The second kappa shape index (κ2) is 2.65. The Labute approximate surface area is 63.0 Å². The topological polar surface area (TPSA) is 73.8 Å². The van der Waals surface area contributed by atoms with Gasteiger partial charge < -0.3 is 10.1 Å². The lowest BCUT2D eigenvalue weighted by Gasteiger charge is -2.00. The fraction of sp³-hybridized carbons (Fsp3) is 0.600. The Balaban J connectivity index is 3.06. The van der Waals surface area contributed by atoms with Gasteiger partial charge in [-0.05, 0) is 18.8 Å². The van der Waals surface area contributed by atoms with Crippen molar-refractivity contribution in [2.24, 2.45) is 0 Å². The zero-order valence-corrected chi connectivity index (χ0v) is 6.26. The van der Waals surface area contributed by atoms with Crippen molar-refractivity contribution >= 4 is 5.95 Å². The van der Waals surface area contributed by atoms with Crippen LogP contribution < -0.4 is 0 Å². The van der Waals surface area contributed by atoms with Crippen molar-refractivity contribution in [2.75, 3.05) is 0 Å². The van der Waals surface area contributed by atoms with Crippen LogP contribution >= 0.6 is 0 Å². The second-order valence-corrected chi connectivity index (χ2v) is 2.36. The lowest BCUT2D eigenvalue weighted by Crippen LogP contribution is -2.07. The molecular weight excluding hydrogens is 148 g/mol. The largest absolute Gasteiger partial charge is 0.455 e. The minimum absolute atomic E-state index is 0.0297. The molecule has 0 amide bonds. The molecule has 6 nitrogen and oxygen atoms in total. The highest BCUT2D eigenvalue weighted by molar-refractivity contribution is 5.01. The summed E-state index contributed by atoms with van der Waals surface area (Å²) in [7, 11) is 0. The van der Waals surface area contributed by atoms with E-state index in [-0.39, 0.29) is 12.0 Å². The van der Waals surface area contributed by atoms with Crippen molar-refractivity contribution in [2.45, 2.75) is 19.9 Å². The number of hydrogen-bond donors (Lipinski definition) is 0. The normalized spacial score (nSPS) is 10.5. The van der Waals surface area contributed by atoms with E-state index >= 15 is 0 Å². The quantitative estimate of drug-likeness (QED) is 0.468. The molecule has 0 fully saturated rings. The fourth-order valence-corrected chi connectivity index (χ4v) is 0.739. The molecular formula is C5H8N4O2. The molecule has 6 heteroatoms. The van der Waals surface area contributed by atoms with Crippen LogP contribution in [0, 0.1) is 10.1 Å². The Morgan fingerprint density at radius 2 is 2.36 bits per heavy atom. The monoisotopic (exact) mass is 156 g/mol. The Hall–Kier alpha value is -1.46. The zero-order chi connectivity index (χ0) is 8.43. The highest BCUT2D eigenvalue weighted by atomic mass is 16.6. The summed E-state index contributed by atoms with van der Waals surface area (Å²) in [6, 6.07) is -0.0297. The molecule has 0 aliphatic carbocycles. The molecule has 60 valence electrons. The van der Waals surface area contributed by atoms with Crippen LogP contribution in [-0.2, 0) is 0 Å². The number of hydrogen-bond acceptors (Lipinski definition) is 4. The molecule has 0 saturated carbocycles. The van der Waals surface area contributed by atoms with Gasteiger partial charge in [0.15, 0.2) is 0 Å². The third-order valence-corrected chi connectivity index (χ3v) is 1.21. The average Bonchev–Trinajstić information content (AvgIpc) is 2.32. The predicted molar refractivity (Wildman–Crippen MR) is 37.1 cm³/mol. The molecule has 0 aliphatic heterocycles. The number of nitro groups is 1. The van der Waals surface area contributed by atoms with E-state index < -0.39 is 4.92 Å². The standard InChI is InChI=1S/C5H8N4O2/c1-4(2)8-5(9(10)11)6-3-7-8/h3-4H,1-2H3. The summed E-state index contributed by atoms with van der Waals surface area (Å²) in [6.07, 6.45) is 1.18. The number of nitrogens with zero attached hydrogens (tertiary/aromatic N) is 4. The van der Waals surface area contributed by atoms with Gasteiger partial charge in [-0.25, -0.2) is 0 Å². The molecule has 1 heterocycles. The van der Waals surface area contributed by atoms with Crippen molar-refractivity contribution < 1.29 is 4.92 Å². The van der Waals surface area contributed by atoms with Crippen LogP contribution in [0.15, 0.2) is 6.33 Å². The SMILES string of the molecule is CC(C)n1ncnc1[N+](=O)[O-]. The van der Waals surface area contributed by atoms with E-state index in [4.69, 9.17) is 0 Å². The Kier molecular flexibility index (Phi) is 1.84. The van der Waals surface area contributed by atoms with Crippen LogP contribution in [0.2, 0.25) is 0 Å². The summed E-state index contributed by atoms with van der Waals surface area (Å²) in [5.74, 6) is -0.208. The molecule has 0 N–H and O–H groups in total. The Bertz CT molecular complexity index is 267. The first kappa shape index (κ1) is 7.64. The van der Waals surface area contributed by atoms with Crippen molar-refractivity contribution in [3.63, 3.8) is 0 Å². The minimum atomic E-state index is -0.549. The molecule has 1 aromatic heterocycles. The van der Waals surface area contributed by atoms with Crippen molar-refractivity contribution in [3.05, 3.63) is 16.4 Å². The Morgan fingerprint density at radius 3 is 2.73 bits per heavy atom. The first-order chi connectivity index (χ1) is 5.13. The van der Waals surface area contributed by atoms with Crippen LogP contribution in [0.1, 0.15) is 19.9 Å². The predicted octanol–water partition coefficient (Wildman–Crippen LogP) is 0.767. The van der Waals surface area contributed by atoms with Gasteiger partial charge in [0, 0.05) is 0 Å². The van der Waals surface area contributed by atoms with Crippen LogP contribution in [0.3, 0.4) is 0 Å². The van der Waals surface area contributed by atoms with Crippen LogP contribution in [-0.4, -0.2) is 19.7 Å². The van der Waals surface area contributed by atoms with Gasteiger partial charge in [-0.1, -0.05) is 10.1 Å².